The van der Waals surface area contributed by atoms with Gasteiger partial charge < -0.3 is 40.4 Å². The molecule has 0 unspecified atom stereocenters. The lowest BCUT2D eigenvalue weighted by atomic mass is 10.0. The Kier molecular flexibility index (Phi) is 22.9. The first kappa shape index (κ1) is 48.9. The summed E-state index contributed by atoms with van der Waals surface area (Å²) >= 11 is 0. The van der Waals surface area contributed by atoms with E-state index in [9.17, 15) is 18.0 Å². The number of allylic oxidation sites excluding steroid dienone is 1. The molecule has 1 saturated heterocycles. The fraction of sp³-hybridized carbons (Fsp3) is 0.333. The molecule has 57 heavy (non-hydrogen) atoms. The molecule has 15 heteroatoms. The van der Waals surface area contributed by atoms with E-state index in [4.69, 9.17) is 23.8 Å². The Labute approximate surface area is 333 Å². The largest absolute Gasteiger partial charge is 0.493 e. The molecule has 1 aliphatic rings. The van der Waals surface area contributed by atoms with Crippen LogP contribution in [0.1, 0.15) is 39.2 Å². The molecule has 2 amide bonds. The van der Waals surface area contributed by atoms with Gasteiger partial charge in [0.25, 0.3) is 0 Å². The van der Waals surface area contributed by atoms with Crippen molar-refractivity contribution in [2.24, 2.45) is 0 Å². The molecule has 0 bridgehead atoms. The van der Waals surface area contributed by atoms with E-state index in [0.29, 0.717) is 65.3 Å². The molecule has 1 aromatic heterocycles. The SMILES string of the molecule is C#CC=O.C=CC=O.CC.CCNC.CNC1CCN(c2ccc(NC(=O)Nc3cccc(Oc4ccnc5cc(OC)c(OC)cc45)c3)cc2C(F)(F)F)CC1. The van der Waals surface area contributed by atoms with Crippen molar-refractivity contribution >= 4 is 46.6 Å². The third-order valence-electron chi connectivity index (χ3n) is 7.85. The third-order valence-corrected chi connectivity index (χ3v) is 7.85. The number of carbonyl (C=O) groups is 3. The van der Waals surface area contributed by atoms with Gasteiger partial charge in [-0.2, -0.15) is 13.2 Å². The van der Waals surface area contributed by atoms with Crippen LogP contribution in [0.2, 0.25) is 0 Å². The fourth-order valence-corrected chi connectivity index (χ4v) is 5.12. The molecule has 5 rings (SSSR count). The van der Waals surface area contributed by atoms with Gasteiger partial charge in [-0.1, -0.05) is 33.4 Å². The standard InChI is InChI=1S/C31H32F3N5O4.C3H9N.C3H4O.C3H2O.C2H6/c1-35-19-10-13-39(14-11-19)26-8-7-21(16-24(26)31(32,33)34)38-30(40)37-20-5-4-6-22(15-20)43-27-9-12-36-25-18-29(42-3)28(41-2)17-23(25)27;1-3-4-2;2*1-2-3-4;1-2/h4-9,12,15-19,35H,10-11,13-14H2,1-3H3,(H2,37,38,40);4H,3H2,1-2H3;2-3H,1H2;1,3H;1-2H3. The molecule has 3 aromatic carbocycles. The number of hydrogen-bond donors (Lipinski definition) is 4. The number of pyridine rings is 1. The van der Waals surface area contributed by atoms with Crippen molar-refractivity contribution in [2.45, 2.75) is 45.8 Å². The van der Waals surface area contributed by atoms with Crippen LogP contribution in [0, 0.1) is 12.3 Å². The maximum absolute atomic E-state index is 14.0. The van der Waals surface area contributed by atoms with Crippen LogP contribution in [0.15, 0.2) is 79.5 Å². The number of benzene rings is 3. The van der Waals surface area contributed by atoms with Crippen LogP contribution in [0.4, 0.5) is 35.0 Å². The normalized spacial score (nSPS) is 11.8. The quantitative estimate of drug-likeness (QED) is 0.0703. The molecule has 0 spiro atoms. The maximum atomic E-state index is 14.0. The van der Waals surface area contributed by atoms with Gasteiger partial charge in [0.1, 0.15) is 17.8 Å². The predicted octanol–water partition coefficient (Wildman–Crippen LogP) is 8.34. The van der Waals surface area contributed by atoms with Gasteiger partial charge >= 0.3 is 12.2 Å². The first-order valence-electron chi connectivity index (χ1n) is 18.0. The zero-order valence-corrected chi connectivity index (χ0v) is 33.5. The predicted molar refractivity (Wildman–Crippen MR) is 222 cm³/mol. The first-order valence-corrected chi connectivity index (χ1v) is 18.0. The number of halogens is 3. The molecule has 308 valence electrons. The van der Waals surface area contributed by atoms with Crippen molar-refractivity contribution in [3.05, 3.63) is 85.1 Å². The number of nitrogens with zero attached hydrogens (tertiary/aromatic N) is 2. The van der Waals surface area contributed by atoms with E-state index >= 15 is 0 Å². The number of terminal acetylenes is 1. The molecule has 4 aromatic rings. The number of methoxy groups -OCH3 is 2. The number of carbonyl (C=O) groups excluding carboxylic acids is 3. The lowest BCUT2D eigenvalue weighted by Crippen LogP contribution is -2.41. The summed E-state index contributed by atoms with van der Waals surface area (Å²) in [6.45, 7) is 11.3. The molecule has 0 aliphatic carbocycles. The Hall–Kier alpha value is -6.11. The molecular weight excluding hydrogens is 741 g/mol. The number of ether oxygens (including phenoxy) is 3. The van der Waals surface area contributed by atoms with E-state index in [2.05, 4.69) is 46.2 Å². The van der Waals surface area contributed by atoms with Crippen LogP contribution in [-0.4, -0.2) is 77.6 Å². The van der Waals surface area contributed by atoms with Crippen LogP contribution in [0.3, 0.4) is 0 Å². The van der Waals surface area contributed by atoms with Gasteiger partial charge in [0.15, 0.2) is 17.8 Å². The smallest absolute Gasteiger partial charge is 0.418 e. The highest BCUT2D eigenvalue weighted by atomic mass is 19.4. The van der Waals surface area contributed by atoms with Crippen molar-refractivity contribution in [3.63, 3.8) is 0 Å². The van der Waals surface area contributed by atoms with E-state index in [0.717, 1.165) is 25.5 Å². The van der Waals surface area contributed by atoms with Crippen molar-refractivity contribution < 1.29 is 41.8 Å². The zero-order valence-electron chi connectivity index (χ0n) is 33.5. The first-order chi connectivity index (χ1) is 27.4. The number of amides is 2. The van der Waals surface area contributed by atoms with Gasteiger partial charge in [0.2, 0.25) is 0 Å². The molecule has 1 fully saturated rings. The summed E-state index contributed by atoms with van der Waals surface area (Å²) in [6.07, 6.45) is 5.16. The number of piperidine rings is 1. The Morgan fingerprint density at radius 3 is 2.05 bits per heavy atom. The van der Waals surface area contributed by atoms with E-state index in [1.807, 2.05) is 27.9 Å². The Morgan fingerprint density at radius 1 is 0.965 bits per heavy atom. The van der Waals surface area contributed by atoms with Gasteiger partial charge in [-0.05, 0) is 87.9 Å². The highest BCUT2D eigenvalue weighted by Crippen LogP contribution is 2.40. The maximum Gasteiger partial charge on any atom is 0.418 e. The lowest BCUT2D eigenvalue weighted by Gasteiger charge is -2.35. The Balaban J connectivity index is 0.00000101. The Morgan fingerprint density at radius 2 is 1.54 bits per heavy atom. The van der Waals surface area contributed by atoms with Crippen LogP contribution in [0.25, 0.3) is 10.9 Å². The number of aromatic nitrogens is 1. The van der Waals surface area contributed by atoms with Crippen LogP contribution >= 0.6 is 0 Å². The molecule has 1 aliphatic heterocycles. The number of anilines is 3. The minimum Gasteiger partial charge on any atom is -0.493 e. The summed E-state index contributed by atoms with van der Waals surface area (Å²) in [7, 11) is 6.86. The molecule has 0 atom stereocenters. The number of aldehydes is 2. The molecule has 4 N–H and O–H groups in total. The van der Waals surface area contributed by atoms with Crippen molar-refractivity contribution in [2.75, 3.05) is 63.5 Å². The summed E-state index contributed by atoms with van der Waals surface area (Å²) in [5.74, 6) is 3.72. The number of rotatable bonds is 10. The molecule has 0 saturated carbocycles. The second-order valence-electron chi connectivity index (χ2n) is 11.4. The van der Waals surface area contributed by atoms with Crippen LogP contribution in [0.5, 0.6) is 23.0 Å². The number of hydrogen-bond acceptors (Lipinski definition) is 10. The number of alkyl halides is 3. The Bertz CT molecular complexity index is 1880. The minimum atomic E-state index is -4.58. The second-order valence-corrected chi connectivity index (χ2v) is 11.4. The van der Waals surface area contributed by atoms with Crippen LogP contribution in [-0.2, 0) is 15.8 Å². The van der Waals surface area contributed by atoms with Gasteiger partial charge in [-0.3, -0.25) is 14.6 Å². The van der Waals surface area contributed by atoms with Crippen molar-refractivity contribution in [1.29, 1.82) is 0 Å². The van der Waals surface area contributed by atoms with Gasteiger partial charge in [0.05, 0.1) is 25.3 Å². The van der Waals surface area contributed by atoms with Gasteiger partial charge in [-0.15, -0.1) is 6.42 Å². The molecule has 2 heterocycles. The minimum absolute atomic E-state index is 0.0266. The highest BCUT2D eigenvalue weighted by molar-refractivity contribution is 6.00. The number of nitrogens with one attached hydrogen (secondary N) is 4. The van der Waals surface area contributed by atoms with E-state index in [-0.39, 0.29) is 17.4 Å². The lowest BCUT2D eigenvalue weighted by molar-refractivity contribution is -0.137. The van der Waals surface area contributed by atoms with E-state index < -0.39 is 17.8 Å². The third kappa shape index (κ3) is 16.3. The second kappa shape index (κ2) is 26.7. The van der Waals surface area contributed by atoms with Gasteiger partial charge in [-0.25, -0.2) is 4.79 Å². The van der Waals surface area contributed by atoms with Crippen molar-refractivity contribution in [1.82, 2.24) is 15.6 Å². The highest BCUT2D eigenvalue weighted by Gasteiger charge is 2.36. The molecule has 12 nitrogen and oxygen atoms in total. The fourth-order valence-electron chi connectivity index (χ4n) is 5.12. The number of fused-ring (bicyclic) bond motifs is 1. The van der Waals surface area contributed by atoms with Crippen molar-refractivity contribution in [3.8, 4) is 35.3 Å². The molecule has 0 radical (unpaired) electrons. The summed E-state index contributed by atoms with van der Waals surface area (Å²) in [5.41, 5.74) is 0.363. The average molecular weight is 795 g/mol. The van der Waals surface area contributed by atoms with E-state index in [1.165, 1.54) is 32.4 Å². The van der Waals surface area contributed by atoms with Crippen LogP contribution < -0.4 is 40.4 Å². The zero-order chi connectivity index (χ0) is 42.8. The van der Waals surface area contributed by atoms with E-state index in [1.54, 1.807) is 59.5 Å². The summed E-state index contributed by atoms with van der Waals surface area (Å²) < 4.78 is 58.9. The van der Waals surface area contributed by atoms with Gasteiger partial charge in [0, 0.05) is 59.9 Å². The number of urea groups is 1. The summed E-state index contributed by atoms with van der Waals surface area (Å²) in [5, 5.41) is 12.0. The molecular formula is C42H53F3N6O6. The summed E-state index contributed by atoms with van der Waals surface area (Å²) in [4.78, 5) is 36.9. The summed E-state index contributed by atoms with van der Waals surface area (Å²) in [6, 6.07) is 15.3. The topological polar surface area (TPSA) is 143 Å². The average Bonchev–Trinajstić information content (AvgIpc) is 3.24. The monoisotopic (exact) mass is 794 g/mol.